The minimum atomic E-state index is 0.384. The lowest BCUT2D eigenvalue weighted by atomic mass is 10.1. The van der Waals surface area contributed by atoms with E-state index in [0.29, 0.717) is 13.2 Å². The molecule has 0 atom stereocenters. The maximum absolute atomic E-state index is 5.99. The van der Waals surface area contributed by atoms with Crippen LogP contribution in [0.25, 0.3) is 0 Å². The quantitative estimate of drug-likeness (QED) is 0.878. The maximum atomic E-state index is 5.99. The number of aryl methyl sites for hydroxylation is 3. The van der Waals surface area contributed by atoms with Crippen molar-refractivity contribution >= 4 is 0 Å². The van der Waals surface area contributed by atoms with Gasteiger partial charge in [-0.3, -0.25) is 0 Å². The second-order valence-corrected chi connectivity index (χ2v) is 4.92. The van der Waals surface area contributed by atoms with Crippen molar-refractivity contribution in [1.82, 2.24) is 15.0 Å². The Morgan fingerprint density at radius 3 is 2.55 bits per heavy atom. The summed E-state index contributed by atoms with van der Waals surface area (Å²) in [6.45, 7) is 7.88. The van der Waals surface area contributed by atoms with Crippen LogP contribution in [0, 0.1) is 13.8 Å². The standard InChI is InChI=1S/C15H22N4O/c1-4-8-19-14(13(9-16)17-18-19)10-20-15-11(2)6-5-7-12(15)3/h5-7H,4,8-10,16H2,1-3H3. The Balaban J connectivity index is 2.20. The number of rotatable bonds is 6. The van der Waals surface area contributed by atoms with Crippen LogP contribution in [-0.2, 0) is 19.7 Å². The molecule has 20 heavy (non-hydrogen) atoms. The third-order valence-corrected chi connectivity index (χ3v) is 3.31. The molecule has 0 saturated heterocycles. The number of hydrogen-bond donors (Lipinski definition) is 1. The van der Waals surface area contributed by atoms with Gasteiger partial charge in [0.05, 0.1) is 0 Å². The molecule has 1 aromatic heterocycles. The number of benzene rings is 1. The lowest BCUT2D eigenvalue weighted by Gasteiger charge is -2.13. The number of nitrogens with two attached hydrogens (primary N) is 1. The van der Waals surface area contributed by atoms with Crippen molar-refractivity contribution in [2.75, 3.05) is 0 Å². The number of ether oxygens (including phenoxy) is 1. The average Bonchev–Trinajstić information content (AvgIpc) is 2.81. The zero-order valence-corrected chi connectivity index (χ0v) is 12.4. The SMILES string of the molecule is CCCn1nnc(CN)c1COc1c(C)cccc1C. The zero-order chi connectivity index (χ0) is 14.5. The van der Waals surface area contributed by atoms with Crippen molar-refractivity contribution in [3.05, 3.63) is 40.7 Å². The molecule has 1 aromatic carbocycles. The first kappa shape index (κ1) is 14.5. The summed E-state index contributed by atoms with van der Waals surface area (Å²) in [4.78, 5) is 0. The van der Waals surface area contributed by atoms with E-state index in [0.717, 1.165) is 41.2 Å². The van der Waals surface area contributed by atoms with Crippen LogP contribution in [0.1, 0.15) is 35.9 Å². The summed E-state index contributed by atoms with van der Waals surface area (Å²) < 4.78 is 7.87. The van der Waals surface area contributed by atoms with E-state index in [-0.39, 0.29) is 0 Å². The number of nitrogens with zero attached hydrogens (tertiary/aromatic N) is 3. The molecule has 0 aliphatic rings. The van der Waals surface area contributed by atoms with Gasteiger partial charge in [-0.2, -0.15) is 0 Å². The van der Waals surface area contributed by atoms with E-state index in [1.807, 2.05) is 36.7 Å². The molecule has 0 bridgehead atoms. The Kier molecular flexibility index (Phi) is 4.74. The molecule has 0 aliphatic heterocycles. The maximum Gasteiger partial charge on any atom is 0.132 e. The molecule has 0 amide bonds. The van der Waals surface area contributed by atoms with Crippen molar-refractivity contribution in [3.63, 3.8) is 0 Å². The molecule has 0 fully saturated rings. The lowest BCUT2D eigenvalue weighted by Crippen LogP contribution is -2.11. The summed E-state index contributed by atoms with van der Waals surface area (Å²) in [5.74, 6) is 0.930. The predicted octanol–water partition coefficient (Wildman–Crippen LogP) is 2.34. The van der Waals surface area contributed by atoms with Crippen LogP contribution in [0.2, 0.25) is 0 Å². The summed E-state index contributed by atoms with van der Waals surface area (Å²) in [5, 5.41) is 8.26. The Morgan fingerprint density at radius 1 is 1.25 bits per heavy atom. The molecular formula is C15H22N4O. The number of para-hydroxylation sites is 1. The largest absolute Gasteiger partial charge is 0.487 e. The van der Waals surface area contributed by atoms with Gasteiger partial charge < -0.3 is 10.5 Å². The molecule has 5 nitrogen and oxygen atoms in total. The highest BCUT2D eigenvalue weighted by Gasteiger charge is 2.13. The van der Waals surface area contributed by atoms with Crippen LogP contribution in [0.3, 0.4) is 0 Å². The fourth-order valence-electron chi connectivity index (χ4n) is 2.24. The molecule has 0 spiro atoms. The van der Waals surface area contributed by atoms with Gasteiger partial charge in [-0.05, 0) is 31.4 Å². The second kappa shape index (κ2) is 6.52. The molecular weight excluding hydrogens is 252 g/mol. The molecule has 108 valence electrons. The minimum absolute atomic E-state index is 0.384. The first-order chi connectivity index (χ1) is 9.67. The number of hydrogen-bond acceptors (Lipinski definition) is 4. The van der Waals surface area contributed by atoms with Gasteiger partial charge in [0.2, 0.25) is 0 Å². The van der Waals surface area contributed by atoms with Crippen LogP contribution in [-0.4, -0.2) is 15.0 Å². The van der Waals surface area contributed by atoms with Gasteiger partial charge in [-0.1, -0.05) is 30.3 Å². The van der Waals surface area contributed by atoms with Crippen LogP contribution in [0.4, 0.5) is 0 Å². The van der Waals surface area contributed by atoms with Gasteiger partial charge in [0.25, 0.3) is 0 Å². The monoisotopic (exact) mass is 274 g/mol. The molecule has 0 aliphatic carbocycles. The molecule has 1 heterocycles. The summed E-state index contributed by atoms with van der Waals surface area (Å²) in [6, 6.07) is 6.13. The van der Waals surface area contributed by atoms with Gasteiger partial charge in [0.15, 0.2) is 0 Å². The molecule has 0 radical (unpaired) electrons. The smallest absolute Gasteiger partial charge is 0.132 e. The Bertz CT molecular complexity index is 557. The Morgan fingerprint density at radius 2 is 1.95 bits per heavy atom. The zero-order valence-electron chi connectivity index (χ0n) is 12.4. The molecule has 2 N–H and O–H groups in total. The van der Waals surface area contributed by atoms with Gasteiger partial charge in [-0.15, -0.1) is 5.10 Å². The topological polar surface area (TPSA) is 66.0 Å². The molecule has 2 aromatic rings. The predicted molar refractivity (Wildman–Crippen MR) is 78.5 cm³/mol. The van der Waals surface area contributed by atoms with E-state index in [1.54, 1.807) is 0 Å². The lowest BCUT2D eigenvalue weighted by molar-refractivity contribution is 0.286. The number of aromatic nitrogens is 3. The fourth-order valence-corrected chi connectivity index (χ4v) is 2.24. The third-order valence-electron chi connectivity index (χ3n) is 3.31. The van der Waals surface area contributed by atoms with E-state index >= 15 is 0 Å². The first-order valence-corrected chi connectivity index (χ1v) is 6.97. The van der Waals surface area contributed by atoms with E-state index < -0.39 is 0 Å². The highest BCUT2D eigenvalue weighted by Crippen LogP contribution is 2.23. The van der Waals surface area contributed by atoms with Crippen molar-refractivity contribution in [3.8, 4) is 5.75 Å². The average molecular weight is 274 g/mol. The summed E-state index contributed by atoms with van der Waals surface area (Å²) in [6.07, 6.45) is 1.00. The van der Waals surface area contributed by atoms with Crippen LogP contribution in [0.15, 0.2) is 18.2 Å². The van der Waals surface area contributed by atoms with Gasteiger partial charge >= 0.3 is 0 Å². The van der Waals surface area contributed by atoms with E-state index in [1.165, 1.54) is 0 Å². The van der Waals surface area contributed by atoms with Gasteiger partial charge in [0, 0.05) is 13.1 Å². The van der Waals surface area contributed by atoms with Crippen molar-refractivity contribution in [2.24, 2.45) is 5.73 Å². The molecule has 2 rings (SSSR count). The van der Waals surface area contributed by atoms with Crippen LogP contribution in [0.5, 0.6) is 5.75 Å². The summed E-state index contributed by atoms with van der Waals surface area (Å²) in [7, 11) is 0. The van der Waals surface area contributed by atoms with E-state index in [9.17, 15) is 0 Å². The minimum Gasteiger partial charge on any atom is -0.487 e. The summed E-state index contributed by atoms with van der Waals surface area (Å²) in [5.41, 5.74) is 9.76. The summed E-state index contributed by atoms with van der Waals surface area (Å²) >= 11 is 0. The van der Waals surface area contributed by atoms with Crippen LogP contribution < -0.4 is 10.5 Å². The van der Waals surface area contributed by atoms with E-state index in [2.05, 4.69) is 17.2 Å². The molecule has 0 unspecified atom stereocenters. The van der Waals surface area contributed by atoms with Gasteiger partial charge in [-0.25, -0.2) is 4.68 Å². The third kappa shape index (κ3) is 2.99. The van der Waals surface area contributed by atoms with Crippen molar-refractivity contribution in [2.45, 2.75) is 46.9 Å². The second-order valence-electron chi connectivity index (χ2n) is 4.92. The van der Waals surface area contributed by atoms with E-state index in [4.69, 9.17) is 10.5 Å². The normalized spacial score (nSPS) is 10.8. The Hall–Kier alpha value is -1.88. The van der Waals surface area contributed by atoms with Crippen molar-refractivity contribution in [1.29, 1.82) is 0 Å². The highest BCUT2D eigenvalue weighted by molar-refractivity contribution is 5.39. The van der Waals surface area contributed by atoms with Gasteiger partial charge in [0.1, 0.15) is 23.7 Å². The first-order valence-electron chi connectivity index (χ1n) is 6.97. The van der Waals surface area contributed by atoms with Crippen molar-refractivity contribution < 1.29 is 4.74 Å². The highest BCUT2D eigenvalue weighted by atomic mass is 16.5. The fraction of sp³-hybridized carbons (Fsp3) is 0.467. The van der Waals surface area contributed by atoms with Crippen LogP contribution >= 0.6 is 0 Å². The molecule has 5 heteroatoms. The Labute approximate surface area is 119 Å². The molecule has 0 saturated carbocycles.